The monoisotopic (exact) mass is 650 g/mol. The fourth-order valence-electron chi connectivity index (χ4n) is 8.77. The molecule has 10 aromatic rings. The van der Waals surface area contributed by atoms with E-state index in [1.165, 1.54) is 33.4 Å². The third-order valence-corrected chi connectivity index (χ3v) is 11.0. The Balaban J connectivity index is 1.10. The van der Waals surface area contributed by atoms with Crippen LogP contribution in [0.25, 0.3) is 77.3 Å². The van der Waals surface area contributed by atoms with Gasteiger partial charge in [0.15, 0.2) is 0 Å². The molecule has 0 aliphatic heterocycles. The number of para-hydroxylation sites is 4. The molecule has 0 saturated carbocycles. The molecule has 2 nitrogen and oxygen atoms in total. The smallest absolute Gasteiger partial charge is 0.143 e. The lowest BCUT2D eigenvalue weighted by molar-refractivity contribution is 0.669. The molecule has 2 heteroatoms. The molecule has 0 unspecified atom stereocenters. The molecule has 11 rings (SSSR count). The van der Waals surface area contributed by atoms with Crippen LogP contribution in [-0.2, 0) is 5.41 Å². The molecule has 2 aromatic heterocycles. The lowest BCUT2D eigenvalue weighted by Crippen LogP contribution is -2.28. The lowest BCUT2D eigenvalue weighted by atomic mass is 9.67. The van der Waals surface area contributed by atoms with Crippen LogP contribution in [0.5, 0.6) is 0 Å². The Morgan fingerprint density at radius 2 is 0.667 bits per heavy atom. The first-order chi connectivity index (χ1) is 25.3. The Bertz CT molecular complexity index is 2750. The third-order valence-electron chi connectivity index (χ3n) is 11.0. The molecule has 0 N–H and O–H groups in total. The summed E-state index contributed by atoms with van der Waals surface area (Å²) in [5, 5.41) is 4.56. The predicted octanol–water partition coefficient (Wildman–Crippen LogP) is 13.2. The Labute approximate surface area is 294 Å². The maximum absolute atomic E-state index is 6.43. The number of hydrogen-bond donors (Lipinski definition) is 0. The molecule has 0 bridgehead atoms. The molecule has 2 heterocycles. The van der Waals surface area contributed by atoms with Gasteiger partial charge in [0.25, 0.3) is 0 Å². The van der Waals surface area contributed by atoms with Crippen LogP contribution < -0.4 is 0 Å². The quantitative estimate of drug-likeness (QED) is 0.189. The van der Waals surface area contributed by atoms with Crippen LogP contribution in [0.1, 0.15) is 22.3 Å². The molecule has 0 amide bonds. The molecule has 0 spiro atoms. The zero-order chi connectivity index (χ0) is 33.5. The van der Waals surface area contributed by atoms with E-state index in [1.807, 2.05) is 24.3 Å². The zero-order valence-electron chi connectivity index (χ0n) is 27.6. The van der Waals surface area contributed by atoms with Gasteiger partial charge in [-0.05, 0) is 56.6 Å². The zero-order valence-corrected chi connectivity index (χ0v) is 27.6. The minimum atomic E-state index is -0.499. The summed E-state index contributed by atoms with van der Waals surface area (Å²) in [4.78, 5) is 0. The summed E-state index contributed by atoms with van der Waals surface area (Å²) in [6, 6.07) is 65.6. The first-order valence-corrected chi connectivity index (χ1v) is 17.5. The first kappa shape index (κ1) is 28.2. The number of benzene rings is 8. The van der Waals surface area contributed by atoms with Crippen LogP contribution in [-0.4, -0.2) is 0 Å². The van der Waals surface area contributed by atoms with Crippen molar-refractivity contribution >= 4 is 43.9 Å². The molecule has 0 fully saturated rings. The fourth-order valence-corrected chi connectivity index (χ4v) is 8.77. The molecular formula is C49H30O2. The Kier molecular flexibility index (Phi) is 5.91. The van der Waals surface area contributed by atoms with Crippen molar-refractivity contribution < 1.29 is 8.83 Å². The average Bonchev–Trinajstić information content (AvgIpc) is 3.87. The van der Waals surface area contributed by atoms with Crippen LogP contribution in [0.2, 0.25) is 0 Å². The molecule has 0 atom stereocenters. The third kappa shape index (κ3) is 3.93. The summed E-state index contributed by atoms with van der Waals surface area (Å²) >= 11 is 0. The van der Waals surface area contributed by atoms with E-state index in [-0.39, 0.29) is 0 Å². The number of fused-ring (bicyclic) bond motifs is 9. The van der Waals surface area contributed by atoms with Gasteiger partial charge >= 0.3 is 0 Å². The molecule has 238 valence electrons. The molecule has 0 radical (unpaired) electrons. The van der Waals surface area contributed by atoms with E-state index >= 15 is 0 Å². The van der Waals surface area contributed by atoms with Gasteiger partial charge < -0.3 is 8.83 Å². The van der Waals surface area contributed by atoms with E-state index in [0.717, 1.165) is 66.1 Å². The van der Waals surface area contributed by atoms with Crippen molar-refractivity contribution in [1.82, 2.24) is 0 Å². The van der Waals surface area contributed by atoms with Crippen LogP contribution >= 0.6 is 0 Å². The van der Waals surface area contributed by atoms with Crippen molar-refractivity contribution in [3.05, 3.63) is 204 Å². The second-order valence-electron chi connectivity index (χ2n) is 13.6. The van der Waals surface area contributed by atoms with E-state index in [4.69, 9.17) is 8.83 Å². The summed E-state index contributed by atoms with van der Waals surface area (Å²) in [7, 11) is 0. The lowest BCUT2D eigenvalue weighted by Gasteiger charge is -2.34. The standard InChI is InChI=1S/C49H30O2/c1-5-19-43-37(11-1)38-12-2-6-20-44(38)49(43,33-27-23-31(24-28-33)35-15-9-17-41-39-13-3-7-21-45(39)50-47(35)41)34-29-25-32(26-30-34)36-16-10-18-42-40-14-4-8-22-46(40)51-48(36)42/h1-30H. The van der Waals surface area contributed by atoms with Gasteiger partial charge in [-0.25, -0.2) is 0 Å². The largest absolute Gasteiger partial charge is 0.455 e. The van der Waals surface area contributed by atoms with E-state index in [0.29, 0.717) is 0 Å². The second-order valence-corrected chi connectivity index (χ2v) is 13.6. The Morgan fingerprint density at radius 3 is 1.14 bits per heavy atom. The van der Waals surface area contributed by atoms with Gasteiger partial charge in [0, 0.05) is 32.7 Å². The number of furan rings is 2. The highest BCUT2D eigenvalue weighted by Crippen LogP contribution is 2.56. The van der Waals surface area contributed by atoms with Crippen molar-refractivity contribution in [2.75, 3.05) is 0 Å². The van der Waals surface area contributed by atoms with Gasteiger partial charge in [-0.15, -0.1) is 0 Å². The molecular weight excluding hydrogens is 621 g/mol. The number of rotatable bonds is 4. The van der Waals surface area contributed by atoms with Crippen LogP contribution in [0.15, 0.2) is 191 Å². The van der Waals surface area contributed by atoms with Gasteiger partial charge in [0.1, 0.15) is 22.3 Å². The van der Waals surface area contributed by atoms with Crippen LogP contribution in [0, 0.1) is 0 Å². The highest BCUT2D eigenvalue weighted by molar-refractivity contribution is 6.10. The Morgan fingerprint density at radius 1 is 0.294 bits per heavy atom. The van der Waals surface area contributed by atoms with E-state index in [1.54, 1.807) is 0 Å². The van der Waals surface area contributed by atoms with E-state index < -0.39 is 5.41 Å². The average molecular weight is 651 g/mol. The van der Waals surface area contributed by atoms with Gasteiger partial charge in [-0.3, -0.25) is 0 Å². The van der Waals surface area contributed by atoms with Gasteiger partial charge in [-0.1, -0.05) is 170 Å². The normalized spacial score (nSPS) is 13.3. The molecule has 8 aromatic carbocycles. The Hall–Kier alpha value is -6.64. The van der Waals surface area contributed by atoms with E-state index in [9.17, 15) is 0 Å². The summed E-state index contributed by atoms with van der Waals surface area (Å²) in [6.07, 6.45) is 0. The van der Waals surface area contributed by atoms with Crippen LogP contribution in [0.3, 0.4) is 0 Å². The summed E-state index contributed by atoms with van der Waals surface area (Å²) in [5.41, 5.74) is 15.2. The summed E-state index contributed by atoms with van der Waals surface area (Å²) in [6.45, 7) is 0. The highest BCUT2D eigenvalue weighted by Gasteiger charge is 2.45. The van der Waals surface area contributed by atoms with Crippen molar-refractivity contribution in [3.63, 3.8) is 0 Å². The molecule has 1 aliphatic rings. The maximum atomic E-state index is 6.43. The van der Waals surface area contributed by atoms with Gasteiger partial charge in [0.05, 0.1) is 5.41 Å². The minimum Gasteiger partial charge on any atom is -0.455 e. The SMILES string of the molecule is c1ccc2c(c1)-c1ccccc1C2(c1ccc(-c2cccc3c2oc2ccccc23)cc1)c1ccc(-c2cccc3c2oc2ccccc23)cc1. The predicted molar refractivity (Wildman–Crippen MR) is 209 cm³/mol. The maximum Gasteiger partial charge on any atom is 0.143 e. The van der Waals surface area contributed by atoms with Crippen molar-refractivity contribution in [2.45, 2.75) is 5.41 Å². The molecule has 0 saturated heterocycles. The van der Waals surface area contributed by atoms with Gasteiger partial charge in [0.2, 0.25) is 0 Å². The highest BCUT2D eigenvalue weighted by atomic mass is 16.3. The topological polar surface area (TPSA) is 26.3 Å². The number of hydrogen-bond acceptors (Lipinski definition) is 2. The van der Waals surface area contributed by atoms with Gasteiger partial charge in [-0.2, -0.15) is 0 Å². The van der Waals surface area contributed by atoms with Crippen molar-refractivity contribution in [2.24, 2.45) is 0 Å². The van der Waals surface area contributed by atoms with Crippen molar-refractivity contribution in [3.8, 4) is 33.4 Å². The molecule has 1 aliphatic carbocycles. The summed E-state index contributed by atoms with van der Waals surface area (Å²) < 4.78 is 12.9. The van der Waals surface area contributed by atoms with Crippen LogP contribution in [0.4, 0.5) is 0 Å². The molecule has 51 heavy (non-hydrogen) atoms. The minimum absolute atomic E-state index is 0.499. The second kappa shape index (κ2) is 10.7. The van der Waals surface area contributed by atoms with Crippen molar-refractivity contribution in [1.29, 1.82) is 0 Å². The fraction of sp³-hybridized carbons (Fsp3) is 0.0204. The summed E-state index contributed by atoms with van der Waals surface area (Å²) in [5.74, 6) is 0. The first-order valence-electron chi connectivity index (χ1n) is 17.5. The van der Waals surface area contributed by atoms with E-state index in [2.05, 4.69) is 158 Å².